The molecule has 1 N–H and O–H groups in total. The third-order valence-electron chi connectivity index (χ3n) is 2.57. The molecule has 1 unspecified atom stereocenters. The molecule has 2 heterocycles. The zero-order valence-corrected chi connectivity index (χ0v) is 11.5. The molecule has 0 spiro atoms. The summed E-state index contributed by atoms with van der Waals surface area (Å²) in [6.07, 6.45) is 2.20. The Kier molecular flexibility index (Phi) is 4.41. The number of hydrogen-bond acceptors (Lipinski definition) is 3. The highest BCUT2D eigenvalue weighted by Gasteiger charge is 2.14. The van der Waals surface area contributed by atoms with Crippen LogP contribution in [0.15, 0.2) is 29.0 Å². The number of halogens is 1. The van der Waals surface area contributed by atoms with Gasteiger partial charge in [0.15, 0.2) is 0 Å². The molecule has 86 valence electrons. The summed E-state index contributed by atoms with van der Waals surface area (Å²) in [5, 5.41) is 8.40. The molecule has 0 bridgehead atoms. The van der Waals surface area contributed by atoms with Crippen LogP contribution in [-0.2, 0) is 6.42 Å². The first-order valence-electron chi connectivity index (χ1n) is 5.24. The molecule has 0 fully saturated rings. The van der Waals surface area contributed by atoms with E-state index in [9.17, 15) is 0 Å². The summed E-state index contributed by atoms with van der Waals surface area (Å²) in [7, 11) is 2.00. The van der Waals surface area contributed by atoms with Gasteiger partial charge in [-0.05, 0) is 42.8 Å². The second-order valence-electron chi connectivity index (χ2n) is 3.59. The van der Waals surface area contributed by atoms with E-state index in [4.69, 9.17) is 11.6 Å². The average molecular weight is 272 g/mol. The highest BCUT2D eigenvalue weighted by atomic mass is 35.5. The van der Waals surface area contributed by atoms with Crippen LogP contribution in [0.2, 0.25) is 5.02 Å². The summed E-state index contributed by atoms with van der Waals surface area (Å²) in [5.74, 6) is 0. The molecule has 2 rings (SSSR count). The quantitative estimate of drug-likeness (QED) is 0.852. The maximum atomic E-state index is 6.15. The molecule has 4 heteroatoms. The van der Waals surface area contributed by atoms with Crippen LogP contribution in [0.1, 0.15) is 22.2 Å². The van der Waals surface area contributed by atoms with E-state index < -0.39 is 0 Å². The zero-order chi connectivity index (χ0) is 11.4. The first-order chi connectivity index (χ1) is 7.81. The molecule has 0 aliphatic rings. The maximum absolute atomic E-state index is 6.15. The largest absolute Gasteiger partial charge is 0.312 e. The highest BCUT2D eigenvalue weighted by Crippen LogP contribution is 2.31. The van der Waals surface area contributed by atoms with Crippen LogP contribution in [-0.4, -0.2) is 7.05 Å². The molecule has 0 radical (unpaired) electrons. The van der Waals surface area contributed by atoms with Gasteiger partial charge in [-0.25, -0.2) is 0 Å². The van der Waals surface area contributed by atoms with E-state index >= 15 is 0 Å². The van der Waals surface area contributed by atoms with Crippen LogP contribution >= 0.6 is 34.3 Å². The van der Waals surface area contributed by atoms with Crippen molar-refractivity contribution in [3.8, 4) is 0 Å². The predicted molar refractivity (Wildman–Crippen MR) is 73.8 cm³/mol. The second kappa shape index (κ2) is 5.82. The van der Waals surface area contributed by atoms with Crippen molar-refractivity contribution < 1.29 is 0 Å². The monoisotopic (exact) mass is 271 g/mol. The van der Waals surface area contributed by atoms with Gasteiger partial charge in [-0.1, -0.05) is 17.7 Å². The molecule has 0 aromatic carbocycles. The average Bonchev–Trinajstić information content (AvgIpc) is 2.92. The number of rotatable bonds is 5. The van der Waals surface area contributed by atoms with Crippen molar-refractivity contribution in [2.45, 2.75) is 18.9 Å². The van der Waals surface area contributed by atoms with Gasteiger partial charge in [0.1, 0.15) is 0 Å². The number of nitrogens with one attached hydrogen (secondary N) is 1. The minimum Gasteiger partial charge on any atom is -0.312 e. The van der Waals surface area contributed by atoms with Crippen molar-refractivity contribution in [3.05, 3.63) is 43.7 Å². The molecule has 1 nitrogen and oxygen atoms in total. The summed E-state index contributed by atoms with van der Waals surface area (Å²) in [5.41, 5.74) is 0. The fourth-order valence-corrected chi connectivity index (χ4v) is 3.76. The molecule has 16 heavy (non-hydrogen) atoms. The van der Waals surface area contributed by atoms with Crippen molar-refractivity contribution in [1.82, 2.24) is 5.32 Å². The third kappa shape index (κ3) is 2.86. The summed E-state index contributed by atoms with van der Waals surface area (Å²) in [4.78, 5) is 2.69. The van der Waals surface area contributed by atoms with Gasteiger partial charge in [0.2, 0.25) is 0 Å². The Morgan fingerprint density at radius 2 is 2.19 bits per heavy atom. The van der Waals surface area contributed by atoms with Gasteiger partial charge in [-0.2, -0.15) is 0 Å². The minimum atomic E-state index is 0.370. The van der Waals surface area contributed by atoms with E-state index in [2.05, 4.69) is 22.8 Å². The Bertz CT molecular complexity index is 422. The number of aryl methyl sites for hydroxylation is 1. The van der Waals surface area contributed by atoms with Gasteiger partial charge in [0, 0.05) is 15.8 Å². The molecular weight excluding hydrogens is 258 g/mol. The van der Waals surface area contributed by atoms with Crippen LogP contribution in [0.25, 0.3) is 0 Å². The minimum absolute atomic E-state index is 0.370. The lowest BCUT2D eigenvalue weighted by Gasteiger charge is -2.14. The maximum Gasteiger partial charge on any atom is 0.0561 e. The molecule has 0 aliphatic carbocycles. The van der Waals surface area contributed by atoms with E-state index in [0.717, 1.165) is 17.9 Å². The van der Waals surface area contributed by atoms with Gasteiger partial charge in [0.25, 0.3) is 0 Å². The summed E-state index contributed by atoms with van der Waals surface area (Å²) in [6.45, 7) is 0. The molecule has 1 atom stereocenters. The molecule has 0 saturated heterocycles. The van der Waals surface area contributed by atoms with Gasteiger partial charge < -0.3 is 5.32 Å². The van der Waals surface area contributed by atoms with Crippen molar-refractivity contribution in [1.29, 1.82) is 0 Å². The Morgan fingerprint density at radius 1 is 1.31 bits per heavy atom. The van der Waals surface area contributed by atoms with Crippen LogP contribution in [0, 0.1) is 0 Å². The summed E-state index contributed by atoms with van der Waals surface area (Å²) < 4.78 is 0. The van der Waals surface area contributed by atoms with E-state index in [0.29, 0.717) is 6.04 Å². The second-order valence-corrected chi connectivity index (χ2v) is 5.98. The van der Waals surface area contributed by atoms with Crippen molar-refractivity contribution in [2.75, 3.05) is 7.05 Å². The fraction of sp³-hybridized carbons (Fsp3) is 0.333. The van der Waals surface area contributed by atoms with Crippen molar-refractivity contribution >= 4 is 34.3 Å². The SMILES string of the molecule is CNC(CCc1cccs1)c1sccc1Cl. The fourth-order valence-electron chi connectivity index (χ4n) is 1.70. The van der Waals surface area contributed by atoms with Crippen molar-refractivity contribution in [3.63, 3.8) is 0 Å². The van der Waals surface area contributed by atoms with Crippen LogP contribution in [0.4, 0.5) is 0 Å². The van der Waals surface area contributed by atoms with Crippen molar-refractivity contribution in [2.24, 2.45) is 0 Å². The highest BCUT2D eigenvalue weighted by molar-refractivity contribution is 7.10. The van der Waals surface area contributed by atoms with E-state index in [1.165, 1.54) is 9.75 Å². The van der Waals surface area contributed by atoms with Crippen LogP contribution in [0.3, 0.4) is 0 Å². The first-order valence-corrected chi connectivity index (χ1v) is 7.37. The van der Waals surface area contributed by atoms with Gasteiger partial charge in [0.05, 0.1) is 5.02 Å². The molecule has 0 amide bonds. The standard InChI is InChI=1S/C12H14ClNS2/c1-14-11(12-10(13)6-8-16-12)5-4-9-3-2-7-15-9/h2-3,6-8,11,14H,4-5H2,1H3. The smallest absolute Gasteiger partial charge is 0.0561 e. The van der Waals surface area contributed by atoms with E-state index in [1.54, 1.807) is 11.3 Å². The Morgan fingerprint density at radius 3 is 2.75 bits per heavy atom. The van der Waals surface area contributed by atoms with Crippen LogP contribution in [0.5, 0.6) is 0 Å². The van der Waals surface area contributed by atoms with Crippen LogP contribution < -0.4 is 5.32 Å². The van der Waals surface area contributed by atoms with E-state index in [1.807, 2.05) is 29.8 Å². The molecule has 2 aromatic heterocycles. The molecule has 0 aliphatic heterocycles. The lowest BCUT2D eigenvalue weighted by Crippen LogP contribution is -2.16. The van der Waals surface area contributed by atoms with Gasteiger partial charge in [-0.15, -0.1) is 22.7 Å². The first kappa shape index (κ1) is 12.1. The number of thiophene rings is 2. The molecule has 0 saturated carbocycles. The lowest BCUT2D eigenvalue weighted by atomic mass is 10.1. The normalized spacial score (nSPS) is 12.9. The molecular formula is C12H14ClNS2. The Hall–Kier alpha value is -0.350. The zero-order valence-electron chi connectivity index (χ0n) is 9.07. The van der Waals surface area contributed by atoms with Gasteiger partial charge in [-0.3, -0.25) is 0 Å². The molecule has 2 aromatic rings. The number of hydrogen-bond donors (Lipinski definition) is 1. The lowest BCUT2D eigenvalue weighted by molar-refractivity contribution is 0.560. The third-order valence-corrected chi connectivity index (χ3v) is 4.98. The summed E-state index contributed by atoms with van der Waals surface area (Å²) in [6, 6.07) is 6.63. The van der Waals surface area contributed by atoms with Gasteiger partial charge >= 0.3 is 0 Å². The van der Waals surface area contributed by atoms with E-state index in [-0.39, 0.29) is 0 Å². The predicted octanol–water partition coefficient (Wildman–Crippen LogP) is 4.36. The Labute approximate surface area is 109 Å². The topological polar surface area (TPSA) is 12.0 Å². The Balaban J connectivity index is 1.99. The summed E-state index contributed by atoms with van der Waals surface area (Å²) >= 11 is 9.69.